The summed E-state index contributed by atoms with van der Waals surface area (Å²) in [7, 11) is 0. The lowest BCUT2D eigenvalue weighted by molar-refractivity contribution is 0.574. The van der Waals surface area contributed by atoms with Crippen LogP contribution in [0.4, 0.5) is 0 Å². The van der Waals surface area contributed by atoms with E-state index in [4.69, 9.17) is 11.6 Å². The zero-order chi connectivity index (χ0) is 10.3. The number of aromatic amines is 1. The SMILES string of the molecule is CC(C)(C)c1cc2cc(Cl)ccc2[nH]1. The number of hydrogen-bond donors (Lipinski definition) is 1. The predicted octanol–water partition coefficient (Wildman–Crippen LogP) is 4.12. The Bertz CT molecular complexity index is 463. The number of rotatable bonds is 0. The molecule has 2 rings (SSSR count). The molecule has 0 saturated carbocycles. The first-order valence-electron chi connectivity index (χ1n) is 4.75. The normalized spacial score (nSPS) is 12.3. The van der Waals surface area contributed by atoms with E-state index in [-0.39, 0.29) is 5.41 Å². The molecule has 0 fully saturated rings. The van der Waals surface area contributed by atoms with Crippen LogP contribution >= 0.6 is 11.6 Å². The maximum Gasteiger partial charge on any atom is 0.0457 e. The highest BCUT2D eigenvalue weighted by Crippen LogP contribution is 2.27. The maximum atomic E-state index is 5.93. The van der Waals surface area contributed by atoms with E-state index in [0.29, 0.717) is 0 Å². The molecule has 0 unspecified atom stereocenters. The summed E-state index contributed by atoms with van der Waals surface area (Å²) in [6.45, 7) is 6.58. The van der Waals surface area contributed by atoms with Crippen molar-refractivity contribution in [3.8, 4) is 0 Å². The molecule has 1 aromatic heterocycles. The molecule has 1 aromatic carbocycles. The van der Waals surface area contributed by atoms with Crippen molar-refractivity contribution < 1.29 is 0 Å². The molecule has 2 heteroatoms. The van der Waals surface area contributed by atoms with Crippen molar-refractivity contribution in [3.05, 3.63) is 35.0 Å². The van der Waals surface area contributed by atoms with E-state index in [1.807, 2.05) is 18.2 Å². The van der Waals surface area contributed by atoms with Crippen molar-refractivity contribution in [2.24, 2.45) is 0 Å². The molecule has 2 aromatic rings. The molecule has 14 heavy (non-hydrogen) atoms. The highest BCUT2D eigenvalue weighted by atomic mass is 35.5. The van der Waals surface area contributed by atoms with Gasteiger partial charge in [0.1, 0.15) is 0 Å². The summed E-state index contributed by atoms with van der Waals surface area (Å²) in [4.78, 5) is 3.40. The molecule has 1 N–H and O–H groups in total. The monoisotopic (exact) mass is 207 g/mol. The number of halogens is 1. The Balaban J connectivity index is 2.63. The Labute approximate surface area is 89.1 Å². The van der Waals surface area contributed by atoms with Crippen LogP contribution in [0.2, 0.25) is 5.02 Å². The second kappa shape index (κ2) is 3.03. The highest BCUT2D eigenvalue weighted by Gasteiger charge is 2.15. The summed E-state index contributed by atoms with van der Waals surface area (Å²) < 4.78 is 0. The standard InChI is InChI=1S/C12H14ClN/c1-12(2,3)11-7-8-6-9(13)4-5-10(8)14-11/h4-7,14H,1-3H3. The molecule has 0 aliphatic carbocycles. The van der Waals surface area contributed by atoms with E-state index in [0.717, 1.165) is 10.5 Å². The minimum absolute atomic E-state index is 0.158. The zero-order valence-electron chi connectivity index (χ0n) is 8.69. The lowest BCUT2D eigenvalue weighted by Crippen LogP contribution is -2.10. The molecule has 0 atom stereocenters. The molecule has 0 bridgehead atoms. The van der Waals surface area contributed by atoms with E-state index in [1.54, 1.807) is 0 Å². The summed E-state index contributed by atoms with van der Waals surface area (Å²) in [6, 6.07) is 8.09. The summed E-state index contributed by atoms with van der Waals surface area (Å²) in [5.74, 6) is 0. The van der Waals surface area contributed by atoms with E-state index in [9.17, 15) is 0 Å². The molecule has 1 nitrogen and oxygen atoms in total. The molecule has 0 spiro atoms. The Morgan fingerprint density at radius 2 is 1.86 bits per heavy atom. The van der Waals surface area contributed by atoms with Gasteiger partial charge in [-0.05, 0) is 24.3 Å². The van der Waals surface area contributed by atoms with Crippen LogP contribution in [0.3, 0.4) is 0 Å². The van der Waals surface area contributed by atoms with Gasteiger partial charge in [-0.1, -0.05) is 32.4 Å². The first kappa shape index (κ1) is 9.60. The molecule has 74 valence electrons. The number of fused-ring (bicyclic) bond motifs is 1. The van der Waals surface area contributed by atoms with Crippen LogP contribution in [-0.2, 0) is 5.41 Å². The lowest BCUT2D eigenvalue weighted by Gasteiger charge is -2.15. The summed E-state index contributed by atoms with van der Waals surface area (Å²) in [5, 5.41) is 1.97. The second-order valence-corrected chi connectivity index (χ2v) is 5.10. The molecule has 0 aliphatic heterocycles. The van der Waals surface area contributed by atoms with Gasteiger partial charge in [-0.25, -0.2) is 0 Å². The highest BCUT2D eigenvalue weighted by molar-refractivity contribution is 6.31. The molecule has 0 saturated heterocycles. The largest absolute Gasteiger partial charge is 0.358 e. The molecule has 1 heterocycles. The van der Waals surface area contributed by atoms with Crippen molar-refractivity contribution in [3.63, 3.8) is 0 Å². The van der Waals surface area contributed by atoms with Crippen LogP contribution in [0.25, 0.3) is 10.9 Å². The van der Waals surface area contributed by atoms with Gasteiger partial charge >= 0.3 is 0 Å². The van der Waals surface area contributed by atoms with Crippen LogP contribution in [0.1, 0.15) is 26.5 Å². The number of aromatic nitrogens is 1. The summed E-state index contributed by atoms with van der Waals surface area (Å²) >= 11 is 5.93. The lowest BCUT2D eigenvalue weighted by atomic mass is 9.92. The average molecular weight is 208 g/mol. The maximum absolute atomic E-state index is 5.93. The van der Waals surface area contributed by atoms with Crippen molar-refractivity contribution in [1.82, 2.24) is 4.98 Å². The van der Waals surface area contributed by atoms with Crippen molar-refractivity contribution in [2.45, 2.75) is 26.2 Å². The smallest absolute Gasteiger partial charge is 0.0457 e. The topological polar surface area (TPSA) is 15.8 Å². The van der Waals surface area contributed by atoms with Gasteiger partial charge in [-0.15, -0.1) is 0 Å². The van der Waals surface area contributed by atoms with E-state index in [1.165, 1.54) is 11.1 Å². The predicted molar refractivity (Wildman–Crippen MR) is 62.0 cm³/mol. The minimum atomic E-state index is 0.158. The third-order valence-corrected chi connectivity index (χ3v) is 2.63. The first-order valence-corrected chi connectivity index (χ1v) is 5.13. The Kier molecular flexibility index (Phi) is 2.07. The number of hydrogen-bond acceptors (Lipinski definition) is 0. The third kappa shape index (κ3) is 1.64. The van der Waals surface area contributed by atoms with Crippen LogP contribution in [0.15, 0.2) is 24.3 Å². The minimum Gasteiger partial charge on any atom is -0.358 e. The van der Waals surface area contributed by atoms with Gasteiger partial charge in [0.25, 0.3) is 0 Å². The van der Waals surface area contributed by atoms with Gasteiger partial charge in [0.2, 0.25) is 0 Å². The number of H-pyrrole nitrogens is 1. The molecule has 0 aliphatic rings. The van der Waals surface area contributed by atoms with Crippen LogP contribution < -0.4 is 0 Å². The van der Waals surface area contributed by atoms with Crippen molar-refractivity contribution in [2.75, 3.05) is 0 Å². The van der Waals surface area contributed by atoms with Gasteiger partial charge in [-0.2, -0.15) is 0 Å². The van der Waals surface area contributed by atoms with Gasteiger partial charge in [0, 0.05) is 27.0 Å². The summed E-state index contributed by atoms with van der Waals surface area (Å²) in [5.41, 5.74) is 2.56. The van der Waals surface area contributed by atoms with Gasteiger partial charge in [0.05, 0.1) is 0 Å². The molecule has 0 radical (unpaired) electrons. The number of nitrogens with one attached hydrogen (secondary N) is 1. The van der Waals surface area contributed by atoms with Gasteiger partial charge in [0.15, 0.2) is 0 Å². The van der Waals surface area contributed by atoms with Crippen LogP contribution in [0.5, 0.6) is 0 Å². The van der Waals surface area contributed by atoms with Gasteiger partial charge < -0.3 is 4.98 Å². The number of benzene rings is 1. The first-order chi connectivity index (χ1) is 6.47. The molecule has 0 amide bonds. The van der Waals surface area contributed by atoms with Crippen LogP contribution in [-0.4, -0.2) is 4.98 Å². The Morgan fingerprint density at radius 3 is 2.50 bits per heavy atom. The molecular formula is C12H14ClN. The fourth-order valence-corrected chi connectivity index (χ4v) is 1.69. The fourth-order valence-electron chi connectivity index (χ4n) is 1.51. The quantitative estimate of drug-likeness (QED) is 0.669. The van der Waals surface area contributed by atoms with E-state index >= 15 is 0 Å². The van der Waals surface area contributed by atoms with Gasteiger partial charge in [-0.3, -0.25) is 0 Å². The Hall–Kier alpha value is -0.950. The van der Waals surface area contributed by atoms with Crippen molar-refractivity contribution >= 4 is 22.5 Å². The zero-order valence-corrected chi connectivity index (χ0v) is 9.44. The van der Waals surface area contributed by atoms with E-state index in [2.05, 4.69) is 31.8 Å². The summed E-state index contributed by atoms with van der Waals surface area (Å²) in [6.07, 6.45) is 0. The fraction of sp³-hybridized carbons (Fsp3) is 0.333. The second-order valence-electron chi connectivity index (χ2n) is 4.66. The average Bonchev–Trinajstić information content (AvgIpc) is 2.45. The van der Waals surface area contributed by atoms with E-state index < -0.39 is 0 Å². The van der Waals surface area contributed by atoms with Crippen LogP contribution in [0, 0.1) is 0 Å². The third-order valence-electron chi connectivity index (χ3n) is 2.39. The Morgan fingerprint density at radius 1 is 1.14 bits per heavy atom. The van der Waals surface area contributed by atoms with Crippen molar-refractivity contribution in [1.29, 1.82) is 0 Å². The molecular weight excluding hydrogens is 194 g/mol.